The van der Waals surface area contributed by atoms with Crippen molar-refractivity contribution in [1.29, 1.82) is 0 Å². The average Bonchev–Trinajstić information content (AvgIpc) is 2.48. The van der Waals surface area contributed by atoms with Gasteiger partial charge >= 0.3 is 5.97 Å². The molecule has 3 unspecified atom stereocenters. The molecule has 3 atom stereocenters. The number of carbonyl (C=O) groups is 2. The van der Waals surface area contributed by atoms with E-state index in [1.807, 2.05) is 19.9 Å². The third-order valence-electron chi connectivity index (χ3n) is 6.54. The first-order valence-corrected chi connectivity index (χ1v) is 9.53. The number of hydrogen-bond donors (Lipinski definition) is 1. The van der Waals surface area contributed by atoms with E-state index < -0.39 is 0 Å². The first-order valence-electron chi connectivity index (χ1n) is 9.53. The van der Waals surface area contributed by atoms with E-state index in [1.165, 1.54) is 6.92 Å². The van der Waals surface area contributed by atoms with Crippen LogP contribution in [0.25, 0.3) is 0 Å². The number of fused-ring (bicyclic) bond motifs is 3. The van der Waals surface area contributed by atoms with Gasteiger partial charge in [-0.05, 0) is 53.4 Å². The van der Waals surface area contributed by atoms with Gasteiger partial charge in [0.2, 0.25) is 0 Å². The Hall–Kier alpha value is -1.84. The Balaban J connectivity index is 2.15. The minimum absolute atomic E-state index is 0.132. The van der Waals surface area contributed by atoms with Gasteiger partial charge in [0.25, 0.3) is 0 Å². The molecule has 0 amide bonds. The fraction of sp³-hybridized carbons (Fsp3) is 0.636. The molecule has 1 aromatic rings. The van der Waals surface area contributed by atoms with Crippen molar-refractivity contribution >= 4 is 11.8 Å². The molecule has 1 saturated carbocycles. The van der Waals surface area contributed by atoms with Gasteiger partial charge in [-0.15, -0.1) is 0 Å². The van der Waals surface area contributed by atoms with E-state index in [4.69, 9.17) is 4.74 Å². The molecule has 0 bridgehead atoms. The van der Waals surface area contributed by atoms with Crippen molar-refractivity contribution in [2.75, 3.05) is 0 Å². The molecule has 1 fully saturated rings. The van der Waals surface area contributed by atoms with Crippen LogP contribution in [0, 0.1) is 11.3 Å². The number of ether oxygens (including phenoxy) is 1. The van der Waals surface area contributed by atoms with E-state index in [1.54, 1.807) is 6.07 Å². The van der Waals surface area contributed by atoms with E-state index in [9.17, 15) is 14.7 Å². The van der Waals surface area contributed by atoms with Crippen LogP contribution in [-0.4, -0.2) is 23.0 Å². The molecule has 142 valence electrons. The second-order valence-corrected chi connectivity index (χ2v) is 9.34. The van der Waals surface area contributed by atoms with Gasteiger partial charge in [-0.1, -0.05) is 34.6 Å². The smallest absolute Gasteiger partial charge is 0.302 e. The van der Waals surface area contributed by atoms with Crippen molar-refractivity contribution < 1.29 is 19.4 Å². The summed E-state index contributed by atoms with van der Waals surface area (Å²) in [6, 6.07) is 3.67. The molecule has 4 nitrogen and oxygen atoms in total. The highest BCUT2D eigenvalue weighted by Crippen LogP contribution is 2.58. The van der Waals surface area contributed by atoms with Crippen molar-refractivity contribution in [3.8, 4) is 5.75 Å². The summed E-state index contributed by atoms with van der Waals surface area (Å²) in [5.74, 6) is 0.448. The number of aromatic hydroxyl groups is 1. The first-order chi connectivity index (χ1) is 12.0. The second kappa shape index (κ2) is 6.11. The van der Waals surface area contributed by atoms with Crippen molar-refractivity contribution in [2.45, 2.75) is 78.2 Å². The fourth-order valence-corrected chi connectivity index (χ4v) is 5.46. The minimum Gasteiger partial charge on any atom is -0.508 e. The molecule has 0 aromatic heterocycles. The standard InChI is InChI=1S/C22H30O4/c1-12(2)15-7-16-17(8-18(15)24)22(6)11-14(26-13(3)23)10-21(4,5)20(22)9-19(16)25/h7-8,12,14,20,24H,9-11H2,1-6H3. The van der Waals surface area contributed by atoms with Crippen LogP contribution in [0.5, 0.6) is 5.75 Å². The molecule has 0 radical (unpaired) electrons. The topological polar surface area (TPSA) is 63.6 Å². The lowest BCUT2D eigenvalue weighted by atomic mass is 9.49. The summed E-state index contributed by atoms with van der Waals surface area (Å²) in [5.41, 5.74) is 2.01. The Labute approximate surface area is 155 Å². The number of Topliss-reactive ketones (excluding diaryl/α,β-unsaturated/α-hetero) is 1. The number of esters is 1. The number of benzene rings is 1. The summed E-state index contributed by atoms with van der Waals surface area (Å²) < 4.78 is 5.59. The molecule has 4 heteroatoms. The van der Waals surface area contributed by atoms with Crippen LogP contribution in [0.2, 0.25) is 0 Å². The largest absolute Gasteiger partial charge is 0.508 e. The molecular formula is C22H30O4. The predicted molar refractivity (Wildman–Crippen MR) is 101 cm³/mol. The first kappa shape index (κ1) is 18.9. The Morgan fingerprint density at radius 3 is 2.46 bits per heavy atom. The lowest BCUT2D eigenvalue weighted by molar-refractivity contribution is -0.154. The van der Waals surface area contributed by atoms with Crippen molar-refractivity contribution in [2.24, 2.45) is 11.3 Å². The van der Waals surface area contributed by atoms with Crippen LogP contribution in [0.4, 0.5) is 0 Å². The van der Waals surface area contributed by atoms with Gasteiger partial charge in [0, 0.05) is 24.3 Å². The third kappa shape index (κ3) is 2.93. The monoisotopic (exact) mass is 358 g/mol. The van der Waals surface area contributed by atoms with Gasteiger partial charge in [0.1, 0.15) is 11.9 Å². The summed E-state index contributed by atoms with van der Waals surface area (Å²) >= 11 is 0. The summed E-state index contributed by atoms with van der Waals surface area (Å²) in [6.07, 6.45) is 1.77. The number of carbonyl (C=O) groups excluding carboxylic acids is 2. The number of phenols is 1. The van der Waals surface area contributed by atoms with Crippen molar-refractivity contribution in [3.05, 3.63) is 28.8 Å². The predicted octanol–water partition coefficient (Wildman–Crippen LogP) is 4.73. The lowest BCUT2D eigenvalue weighted by Crippen LogP contribution is -2.53. The van der Waals surface area contributed by atoms with Gasteiger partial charge < -0.3 is 9.84 Å². The Morgan fingerprint density at radius 1 is 1.23 bits per heavy atom. The molecular weight excluding hydrogens is 328 g/mol. The van der Waals surface area contributed by atoms with E-state index in [0.717, 1.165) is 23.1 Å². The Kier molecular flexibility index (Phi) is 4.45. The summed E-state index contributed by atoms with van der Waals surface area (Å²) in [6.45, 7) is 12.0. The van der Waals surface area contributed by atoms with Crippen LogP contribution in [-0.2, 0) is 14.9 Å². The quantitative estimate of drug-likeness (QED) is 0.777. The zero-order chi connectivity index (χ0) is 19.4. The maximum Gasteiger partial charge on any atom is 0.302 e. The molecule has 3 rings (SSSR count). The number of hydrogen-bond acceptors (Lipinski definition) is 4. The zero-order valence-corrected chi connectivity index (χ0v) is 16.7. The normalized spacial score (nSPS) is 29.9. The van der Waals surface area contributed by atoms with Crippen LogP contribution >= 0.6 is 0 Å². The zero-order valence-electron chi connectivity index (χ0n) is 16.7. The van der Waals surface area contributed by atoms with Crippen LogP contribution in [0.3, 0.4) is 0 Å². The lowest BCUT2D eigenvalue weighted by Gasteiger charge is -2.55. The highest BCUT2D eigenvalue weighted by Gasteiger charge is 2.55. The third-order valence-corrected chi connectivity index (χ3v) is 6.54. The van der Waals surface area contributed by atoms with Crippen LogP contribution in [0.15, 0.2) is 12.1 Å². The maximum atomic E-state index is 12.9. The van der Waals surface area contributed by atoms with Gasteiger partial charge in [0.05, 0.1) is 0 Å². The molecule has 1 aromatic carbocycles. The van der Waals surface area contributed by atoms with Crippen molar-refractivity contribution in [1.82, 2.24) is 0 Å². The summed E-state index contributed by atoms with van der Waals surface area (Å²) in [7, 11) is 0. The van der Waals surface area contributed by atoms with Crippen LogP contribution < -0.4 is 0 Å². The highest BCUT2D eigenvalue weighted by atomic mass is 16.5. The van der Waals surface area contributed by atoms with Gasteiger partial charge in [-0.3, -0.25) is 9.59 Å². The SMILES string of the molecule is CC(=O)OC1CC(C)(C)C2CC(=O)c3cc(C(C)C)c(O)cc3C2(C)C1. The van der Waals surface area contributed by atoms with E-state index in [-0.39, 0.29) is 46.3 Å². The number of phenolic OH excluding ortho intramolecular Hbond substituents is 1. The number of rotatable bonds is 2. The summed E-state index contributed by atoms with van der Waals surface area (Å²) in [5, 5.41) is 10.6. The van der Waals surface area contributed by atoms with E-state index in [0.29, 0.717) is 12.8 Å². The van der Waals surface area contributed by atoms with Crippen molar-refractivity contribution in [3.63, 3.8) is 0 Å². The number of ketones is 1. The summed E-state index contributed by atoms with van der Waals surface area (Å²) in [4.78, 5) is 24.5. The Morgan fingerprint density at radius 2 is 1.88 bits per heavy atom. The van der Waals surface area contributed by atoms with Crippen LogP contribution in [0.1, 0.15) is 88.2 Å². The van der Waals surface area contributed by atoms with Gasteiger partial charge in [-0.25, -0.2) is 0 Å². The maximum absolute atomic E-state index is 12.9. The van der Waals surface area contributed by atoms with Gasteiger partial charge in [-0.2, -0.15) is 0 Å². The van der Waals surface area contributed by atoms with Gasteiger partial charge in [0.15, 0.2) is 5.78 Å². The molecule has 0 spiro atoms. The molecule has 0 saturated heterocycles. The highest BCUT2D eigenvalue weighted by molar-refractivity contribution is 6.00. The molecule has 1 N–H and O–H groups in total. The molecule has 26 heavy (non-hydrogen) atoms. The fourth-order valence-electron chi connectivity index (χ4n) is 5.46. The van der Waals surface area contributed by atoms with E-state index >= 15 is 0 Å². The average molecular weight is 358 g/mol. The molecule has 0 heterocycles. The second-order valence-electron chi connectivity index (χ2n) is 9.34. The molecule has 0 aliphatic heterocycles. The molecule has 2 aliphatic rings. The Bertz CT molecular complexity index is 762. The molecule has 2 aliphatic carbocycles. The minimum atomic E-state index is -0.307. The van der Waals surface area contributed by atoms with E-state index in [2.05, 4.69) is 20.8 Å².